The minimum atomic E-state index is -0.375. The Bertz CT molecular complexity index is 233. The number of methoxy groups -OCH3 is 1. The van der Waals surface area contributed by atoms with Crippen LogP contribution in [0.15, 0.2) is 0 Å². The highest BCUT2D eigenvalue weighted by molar-refractivity contribution is 5.75. The van der Waals surface area contributed by atoms with Gasteiger partial charge >= 0.3 is 5.97 Å². The maximum atomic E-state index is 11.4. The number of ether oxygens (including phenoxy) is 1. The van der Waals surface area contributed by atoms with Crippen molar-refractivity contribution >= 4 is 5.97 Å². The zero-order valence-corrected chi connectivity index (χ0v) is 9.91. The number of hydrogen-bond acceptors (Lipinski definition) is 4. The first-order valence-electron chi connectivity index (χ1n) is 5.28. The lowest BCUT2D eigenvalue weighted by Crippen LogP contribution is -2.43. The fourth-order valence-corrected chi connectivity index (χ4v) is 1.34. The van der Waals surface area contributed by atoms with E-state index in [0.717, 1.165) is 0 Å². The molecule has 0 amide bonds. The quantitative estimate of drug-likeness (QED) is 0.677. The molecule has 0 saturated heterocycles. The molecule has 4 nitrogen and oxygen atoms in total. The van der Waals surface area contributed by atoms with Crippen molar-refractivity contribution in [1.82, 2.24) is 5.32 Å². The van der Waals surface area contributed by atoms with Crippen LogP contribution in [0.2, 0.25) is 0 Å². The van der Waals surface area contributed by atoms with Crippen molar-refractivity contribution in [3.05, 3.63) is 0 Å². The van der Waals surface area contributed by atoms with Gasteiger partial charge in [0.1, 0.15) is 6.04 Å². The summed E-state index contributed by atoms with van der Waals surface area (Å²) in [5, 5.41) is 11.8. The number of nitrogens with zero attached hydrogens (tertiary/aromatic N) is 1. The molecule has 0 aliphatic rings. The van der Waals surface area contributed by atoms with Crippen LogP contribution in [-0.2, 0) is 9.53 Å². The third-order valence-corrected chi connectivity index (χ3v) is 2.16. The van der Waals surface area contributed by atoms with E-state index in [4.69, 9.17) is 10.00 Å². The summed E-state index contributed by atoms with van der Waals surface area (Å²) in [5.41, 5.74) is 0. The molecule has 2 atom stereocenters. The Labute approximate surface area is 91.6 Å². The van der Waals surface area contributed by atoms with Crippen LogP contribution in [0.5, 0.6) is 0 Å². The summed E-state index contributed by atoms with van der Waals surface area (Å²) in [6.07, 6.45) is 1.37. The van der Waals surface area contributed by atoms with Crippen LogP contribution in [0.4, 0.5) is 0 Å². The van der Waals surface area contributed by atoms with Crippen molar-refractivity contribution in [3.63, 3.8) is 0 Å². The van der Waals surface area contributed by atoms with Crippen LogP contribution in [0.1, 0.15) is 33.6 Å². The minimum absolute atomic E-state index is 0.284. The van der Waals surface area contributed by atoms with E-state index in [2.05, 4.69) is 11.4 Å². The van der Waals surface area contributed by atoms with Gasteiger partial charge in [0.25, 0.3) is 0 Å². The molecule has 0 rings (SSSR count). The third-order valence-electron chi connectivity index (χ3n) is 2.16. The largest absolute Gasteiger partial charge is 0.468 e. The highest BCUT2D eigenvalue weighted by atomic mass is 16.5. The first-order chi connectivity index (χ1) is 7.04. The number of carbonyl (C=O) groups excluding carboxylic acids is 1. The number of carbonyl (C=O) groups is 1. The van der Waals surface area contributed by atoms with Crippen molar-refractivity contribution in [2.75, 3.05) is 7.11 Å². The molecule has 0 radical (unpaired) electrons. The number of rotatable bonds is 6. The lowest BCUT2D eigenvalue weighted by molar-refractivity contribution is -0.143. The number of esters is 1. The molecular formula is C11H20N2O2. The summed E-state index contributed by atoms with van der Waals surface area (Å²) in [6.45, 7) is 5.97. The van der Waals surface area contributed by atoms with Gasteiger partial charge in [0, 0.05) is 0 Å². The standard InChI is InChI=1S/C11H20N2O2/c1-5-9(7-12)13-10(6-8(2)3)11(14)15-4/h8-10,13H,5-6H2,1-4H3. The van der Waals surface area contributed by atoms with E-state index in [1.165, 1.54) is 7.11 Å². The van der Waals surface area contributed by atoms with Crippen molar-refractivity contribution in [3.8, 4) is 6.07 Å². The minimum Gasteiger partial charge on any atom is -0.468 e. The first-order valence-corrected chi connectivity index (χ1v) is 5.28. The summed E-state index contributed by atoms with van der Waals surface area (Å²) in [6, 6.07) is 1.46. The average molecular weight is 212 g/mol. The van der Waals surface area contributed by atoms with E-state index in [1.54, 1.807) is 0 Å². The molecule has 0 heterocycles. The van der Waals surface area contributed by atoms with E-state index < -0.39 is 0 Å². The maximum absolute atomic E-state index is 11.4. The second kappa shape index (κ2) is 7.24. The predicted octanol–water partition coefficient (Wildman–Crippen LogP) is 1.47. The number of hydrogen-bond donors (Lipinski definition) is 1. The molecular weight excluding hydrogens is 192 g/mol. The average Bonchev–Trinajstić information content (AvgIpc) is 2.22. The van der Waals surface area contributed by atoms with E-state index in [-0.39, 0.29) is 18.1 Å². The molecule has 86 valence electrons. The lowest BCUT2D eigenvalue weighted by Gasteiger charge is -2.20. The zero-order chi connectivity index (χ0) is 11.8. The number of nitrogens with one attached hydrogen (secondary N) is 1. The molecule has 0 saturated carbocycles. The van der Waals surface area contributed by atoms with Gasteiger partial charge in [-0.25, -0.2) is 0 Å². The zero-order valence-electron chi connectivity index (χ0n) is 9.91. The van der Waals surface area contributed by atoms with Crippen LogP contribution >= 0.6 is 0 Å². The van der Waals surface area contributed by atoms with Gasteiger partial charge in [0.15, 0.2) is 0 Å². The molecule has 0 aliphatic carbocycles. The SMILES string of the molecule is CCC(C#N)NC(CC(C)C)C(=O)OC. The van der Waals surface area contributed by atoms with Crippen LogP contribution in [-0.4, -0.2) is 25.2 Å². The maximum Gasteiger partial charge on any atom is 0.322 e. The molecule has 0 aromatic carbocycles. The normalized spacial score (nSPS) is 14.4. The van der Waals surface area contributed by atoms with E-state index in [9.17, 15) is 4.79 Å². The van der Waals surface area contributed by atoms with Crippen LogP contribution < -0.4 is 5.32 Å². The molecule has 0 bridgehead atoms. The molecule has 0 fully saturated rings. The summed E-state index contributed by atoms with van der Waals surface area (Å²) in [5.74, 6) is 0.0928. The van der Waals surface area contributed by atoms with Gasteiger partial charge in [-0.2, -0.15) is 5.26 Å². The second-order valence-electron chi connectivity index (χ2n) is 3.96. The Kier molecular flexibility index (Phi) is 6.72. The summed E-state index contributed by atoms with van der Waals surface area (Å²) in [4.78, 5) is 11.4. The molecule has 4 heteroatoms. The Morgan fingerprint density at radius 2 is 2.13 bits per heavy atom. The topological polar surface area (TPSA) is 62.1 Å². The van der Waals surface area contributed by atoms with Gasteiger partial charge < -0.3 is 4.74 Å². The molecule has 0 aromatic rings. The van der Waals surface area contributed by atoms with Gasteiger partial charge in [-0.15, -0.1) is 0 Å². The van der Waals surface area contributed by atoms with Crippen molar-refractivity contribution in [2.24, 2.45) is 5.92 Å². The van der Waals surface area contributed by atoms with Gasteiger partial charge in [-0.3, -0.25) is 10.1 Å². The first kappa shape index (κ1) is 13.9. The van der Waals surface area contributed by atoms with Gasteiger partial charge in [0.2, 0.25) is 0 Å². The molecule has 1 N–H and O–H groups in total. The Balaban J connectivity index is 4.37. The summed E-state index contributed by atoms with van der Waals surface area (Å²) >= 11 is 0. The smallest absolute Gasteiger partial charge is 0.322 e. The molecule has 0 aliphatic heterocycles. The fraction of sp³-hybridized carbons (Fsp3) is 0.818. The molecule has 2 unspecified atom stereocenters. The monoisotopic (exact) mass is 212 g/mol. The summed E-state index contributed by atoms with van der Waals surface area (Å²) < 4.78 is 4.69. The highest BCUT2D eigenvalue weighted by Gasteiger charge is 2.22. The third kappa shape index (κ3) is 5.38. The van der Waals surface area contributed by atoms with Crippen molar-refractivity contribution < 1.29 is 9.53 Å². The Morgan fingerprint density at radius 3 is 2.47 bits per heavy atom. The highest BCUT2D eigenvalue weighted by Crippen LogP contribution is 2.07. The van der Waals surface area contributed by atoms with Crippen molar-refractivity contribution in [1.29, 1.82) is 5.26 Å². The van der Waals surface area contributed by atoms with E-state index in [0.29, 0.717) is 18.8 Å². The second-order valence-corrected chi connectivity index (χ2v) is 3.96. The Hall–Kier alpha value is -1.08. The summed E-state index contributed by atoms with van der Waals surface area (Å²) in [7, 11) is 1.37. The Morgan fingerprint density at radius 1 is 1.53 bits per heavy atom. The molecule has 0 aromatic heterocycles. The van der Waals surface area contributed by atoms with E-state index >= 15 is 0 Å². The molecule has 15 heavy (non-hydrogen) atoms. The van der Waals surface area contributed by atoms with Crippen LogP contribution in [0.25, 0.3) is 0 Å². The predicted molar refractivity (Wildman–Crippen MR) is 58.1 cm³/mol. The van der Waals surface area contributed by atoms with Crippen molar-refractivity contribution in [2.45, 2.75) is 45.7 Å². The van der Waals surface area contributed by atoms with Gasteiger partial charge in [-0.1, -0.05) is 20.8 Å². The lowest BCUT2D eigenvalue weighted by atomic mass is 10.0. The fourth-order valence-electron chi connectivity index (χ4n) is 1.34. The van der Waals surface area contributed by atoms with Gasteiger partial charge in [0.05, 0.1) is 19.2 Å². The van der Waals surface area contributed by atoms with Crippen LogP contribution in [0.3, 0.4) is 0 Å². The van der Waals surface area contributed by atoms with E-state index in [1.807, 2.05) is 20.8 Å². The van der Waals surface area contributed by atoms with Gasteiger partial charge in [-0.05, 0) is 18.8 Å². The molecule has 0 spiro atoms. The number of nitriles is 1. The van der Waals surface area contributed by atoms with Crippen LogP contribution in [0, 0.1) is 17.2 Å².